The first-order valence-corrected chi connectivity index (χ1v) is 3.45. The lowest BCUT2D eigenvalue weighted by molar-refractivity contribution is -0.125. The van der Waals surface area contributed by atoms with Crippen LogP contribution in [0.2, 0.25) is 6.32 Å². The molecule has 0 aliphatic carbocycles. The molecule has 1 amide bonds. The van der Waals surface area contributed by atoms with E-state index >= 15 is 0 Å². The van der Waals surface area contributed by atoms with Gasteiger partial charge < -0.3 is 15.2 Å². The van der Waals surface area contributed by atoms with Crippen LogP contribution in [0.1, 0.15) is 6.92 Å². The largest absolute Gasteiger partial charge is 0.391 e. The molecule has 12 heavy (non-hydrogen) atoms. The number of hydrogen-bond donors (Lipinski definition) is 2. The fourth-order valence-corrected chi connectivity index (χ4v) is 0.662. The molecule has 62 valence electrons. The number of aliphatic hydroxyl groups is 1. The molecule has 0 rings (SSSR count). The molecule has 0 saturated heterocycles. The minimum atomic E-state index is -1.07. The maximum Gasteiger partial charge on any atom is 0.211 e. The lowest BCUT2D eigenvalue weighted by Crippen LogP contribution is -2.47. The molecule has 0 aliphatic heterocycles. The first-order valence-electron chi connectivity index (χ1n) is 3.45. The maximum absolute atomic E-state index is 10.7. The van der Waals surface area contributed by atoms with Gasteiger partial charge in [0.2, 0.25) is 5.91 Å². The lowest BCUT2D eigenvalue weighted by Gasteiger charge is -2.18. The quantitative estimate of drug-likeness (QED) is 0.479. The number of hydrogen-bond acceptors (Lipinski definition) is 3. The summed E-state index contributed by atoms with van der Waals surface area (Å²) in [6.07, 6.45) is -1.26. The van der Waals surface area contributed by atoms with Crippen molar-refractivity contribution < 1.29 is 14.7 Å². The smallest absolute Gasteiger partial charge is 0.211 e. The summed E-state index contributed by atoms with van der Waals surface area (Å²) >= 11 is 0. The van der Waals surface area contributed by atoms with Gasteiger partial charge in [0.1, 0.15) is 11.7 Å². The molecule has 0 fully saturated rings. The summed E-state index contributed by atoms with van der Waals surface area (Å²) in [4.78, 5) is 21.3. The second kappa shape index (κ2) is 4.98. The van der Waals surface area contributed by atoms with Gasteiger partial charge >= 0.3 is 0 Å². The van der Waals surface area contributed by atoms with E-state index in [0.717, 1.165) is 0 Å². The summed E-state index contributed by atoms with van der Waals surface area (Å²) in [6.45, 7) is 1.35. The van der Waals surface area contributed by atoms with Gasteiger partial charge in [-0.25, -0.2) is 0 Å². The Morgan fingerprint density at radius 3 is 2.33 bits per heavy atom. The average molecular weight is 165 g/mol. The van der Waals surface area contributed by atoms with Gasteiger partial charge in [0.25, 0.3) is 0 Å². The Balaban J connectivity index is 4.14. The Bertz CT molecular complexity index is 184. The number of aliphatic hydroxyl groups excluding tert-OH is 1. The molecule has 4 radical (unpaired) electrons. The van der Waals surface area contributed by atoms with Crippen LogP contribution >= 0.6 is 0 Å². The molecule has 0 bridgehead atoms. The Kier molecular flexibility index (Phi) is 4.66. The standard InChI is InChI=1S/C6H9B2NO3/c1-3(10)5(6(8)12)9-4(11)2-7/h3,5,10H,2H2,1H3,(H,9,11). The van der Waals surface area contributed by atoms with E-state index in [1.807, 2.05) is 0 Å². The summed E-state index contributed by atoms with van der Waals surface area (Å²) in [6, 6.07) is -1.07. The van der Waals surface area contributed by atoms with Crippen LogP contribution in [0.15, 0.2) is 0 Å². The van der Waals surface area contributed by atoms with Crippen LogP contribution in [0.25, 0.3) is 0 Å². The minimum absolute atomic E-state index is 0.240. The predicted molar refractivity (Wildman–Crippen MR) is 44.9 cm³/mol. The molecule has 0 aromatic carbocycles. The number of carbonyl (C=O) groups excluding carboxylic acids is 2. The fraction of sp³-hybridized carbons (Fsp3) is 0.667. The van der Waals surface area contributed by atoms with Crippen molar-refractivity contribution in [1.82, 2.24) is 5.32 Å². The van der Waals surface area contributed by atoms with Crippen molar-refractivity contribution in [2.75, 3.05) is 0 Å². The molecule has 0 aromatic rings. The van der Waals surface area contributed by atoms with E-state index in [0.29, 0.717) is 0 Å². The third-order valence-electron chi connectivity index (χ3n) is 1.29. The topological polar surface area (TPSA) is 66.4 Å². The number of nitrogens with one attached hydrogen (secondary N) is 1. The zero-order valence-electron chi connectivity index (χ0n) is 6.78. The SMILES string of the molecule is [B]CC(=O)NC(C([B])=O)C(C)O. The van der Waals surface area contributed by atoms with Crippen LogP contribution in [0, 0.1) is 0 Å². The van der Waals surface area contributed by atoms with Crippen molar-refractivity contribution in [3.8, 4) is 0 Å². The lowest BCUT2D eigenvalue weighted by atomic mass is 9.91. The van der Waals surface area contributed by atoms with Gasteiger partial charge in [-0.05, 0) is 13.2 Å². The molecular weight excluding hydrogens is 156 g/mol. The van der Waals surface area contributed by atoms with Crippen molar-refractivity contribution >= 4 is 27.3 Å². The Labute approximate surface area is 73.5 Å². The fourth-order valence-electron chi connectivity index (χ4n) is 0.662. The molecule has 6 heteroatoms. The molecule has 0 saturated carbocycles. The zero-order chi connectivity index (χ0) is 9.72. The molecular formula is C6H9B2NO3. The number of rotatable bonds is 4. The van der Waals surface area contributed by atoms with E-state index in [9.17, 15) is 9.59 Å². The van der Waals surface area contributed by atoms with E-state index in [-0.39, 0.29) is 6.32 Å². The normalized spacial score (nSPS) is 14.8. The van der Waals surface area contributed by atoms with Crippen molar-refractivity contribution in [2.24, 2.45) is 0 Å². The van der Waals surface area contributed by atoms with Gasteiger partial charge in [-0.1, -0.05) is 0 Å². The highest BCUT2D eigenvalue weighted by Crippen LogP contribution is 1.93. The van der Waals surface area contributed by atoms with Crippen LogP contribution < -0.4 is 5.32 Å². The molecule has 0 aliphatic rings. The third kappa shape index (κ3) is 3.57. The highest BCUT2D eigenvalue weighted by atomic mass is 16.3. The Morgan fingerprint density at radius 2 is 2.08 bits per heavy atom. The van der Waals surface area contributed by atoms with Gasteiger partial charge in [0, 0.05) is 0 Å². The number of amides is 1. The van der Waals surface area contributed by atoms with Gasteiger partial charge in [0.05, 0.1) is 14.0 Å². The Hall–Kier alpha value is -0.770. The second-order valence-electron chi connectivity index (χ2n) is 2.39. The molecule has 2 atom stereocenters. The minimum Gasteiger partial charge on any atom is -0.391 e. The summed E-state index contributed by atoms with van der Waals surface area (Å²) in [5.74, 6) is -0.528. The van der Waals surface area contributed by atoms with E-state index in [2.05, 4.69) is 5.32 Å². The van der Waals surface area contributed by atoms with Gasteiger partial charge in [-0.15, -0.1) is 0 Å². The van der Waals surface area contributed by atoms with Crippen molar-refractivity contribution in [3.63, 3.8) is 0 Å². The monoisotopic (exact) mass is 165 g/mol. The number of carbonyl (C=O) groups is 2. The molecule has 2 N–H and O–H groups in total. The first-order chi connectivity index (χ1) is 5.49. The highest BCUT2D eigenvalue weighted by Gasteiger charge is 2.20. The van der Waals surface area contributed by atoms with E-state index in [1.54, 1.807) is 0 Å². The van der Waals surface area contributed by atoms with E-state index < -0.39 is 23.7 Å². The van der Waals surface area contributed by atoms with Crippen LogP contribution in [0.5, 0.6) is 0 Å². The van der Waals surface area contributed by atoms with Crippen molar-refractivity contribution in [3.05, 3.63) is 0 Å². The van der Waals surface area contributed by atoms with Gasteiger partial charge in [0.15, 0.2) is 7.85 Å². The molecule has 0 spiro atoms. The summed E-state index contributed by atoms with van der Waals surface area (Å²) in [5.41, 5.74) is -0.785. The molecule has 2 unspecified atom stereocenters. The zero-order valence-corrected chi connectivity index (χ0v) is 6.78. The van der Waals surface area contributed by atoms with Crippen molar-refractivity contribution in [1.29, 1.82) is 0 Å². The van der Waals surface area contributed by atoms with E-state index in [1.165, 1.54) is 6.92 Å². The van der Waals surface area contributed by atoms with Crippen LogP contribution in [0.3, 0.4) is 0 Å². The summed E-state index contributed by atoms with van der Waals surface area (Å²) in [5, 5.41) is 11.1. The van der Waals surface area contributed by atoms with Crippen molar-refractivity contribution in [2.45, 2.75) is 25.4 Å². The average Bonchev–Trinajstić information content (AvgIpc) is 1.98. The van der Waals surface area contributed by atoms with Crippen LogP contribution in [0.4, 0.5) is 0 Å². The Morgan fingerprint density at radius 1 is 1.58 bits per heavy atom. The van der Waals surface area contributed by atoms with Gasteiger partial charge in [-0.2, -0.15) is 0 Å². The van der Waals surface area contributed by atoms with E-state index in [4.69, 9.17) is 20.8 Å². The highest BCUT2D eigenvalue weighted by molar-refractivity contribution is 6.59. The molecule has 4 nitrogen and oxygen atoms in total. The second-order valence-corrected chi connectivity index (χ2v) is 2.39. The maximum atomic E-state index is 10.7. The molecule has 0 heterocycles. The first kappa shape index (κ1) is 11.2. The summed E-state index contributed by atoms with van der Waals surface area (Å²) < 4.78 is 0. The summed E-state index contributed by atoms with van der Waals surface area (Å²) in [7, 11) is 9.86. The van der Waals surface area contributed by atoms with Crippen LogP contribution in [-0.2, 0) is 9.59 Å². The predicted octanol–water partition coefficient (Wildman–Crippen LogP) is -1.87. The third-order valence-corrected chi connectivity index (χ3v) is 1.29. The van der Waals surface area contributed by atoms with Gasteiger partial charge in [-0.3, -0.25) is 4.79 Å². The van der Waals surface area contributed by atoms with Crippen LogP contribution in [-0.4, -0.2) is 44.5 Å². The molecule has 0 aromatic heterocycles.